The van der Waals surface area contributed by atoms with Crippen LogP contribution in [0.15, 0.2) is 45.9 Å². The van der Waals surface area contributed by atoms with Crippen molar-refractivity contribution in [2.75, 3.05) is 7.11 Å². The van der Waals surface area contributed by atoms with Gasteiger partial charge in [0.1, 0.15) is 16.7 Å². The highest BCUT2D eigenvalue weighted by Crippen LogP contribution is 2.28. The summed E-state index contributed by atoms with van der Waals surface area (Å²) in [4.78, 5) is 4.35. The number of halogens is 1. The molecule has 1 N–H and O–H groups in total. The Balaban J connectivity index is 1.77. The van der Waals surface area contributed by atoms with Gasteiger partial charge in [0.2, 0.25) is 15.9 Å². The van der Waals surface area contributed by atoms with Gasteiger partial charge < -0.3 is 9.47 Å². The van der Waals surface area contributed by atoms with E-state index in [-0.39, 0.29) is 23.3 Å². The average Bonchev–Trinajstić information content (AvgIpc) is 3.14. The van der Waals surface area contributed by atoms with Gasteiger partial charge in [-0.3, -0.25) is 0 Å². The molecule has 2 aromatic rings. The SMILES string of the molecule is COc1ccc(Br)cc1S(=O)(=O)NCc1cccnc1OC1CCCC1. The Labute approximate surface area is 162 Å². The number of aromatic nitrogens is 1. The van der Waals surface area contributed by atoms with E-state index in [9.17, 15) is 8.42 Å². The molecule has 1 saturated carbocycles. The Kier molecular flexibility index (Phi) is 6.16. The van der Waals surface area contributed by atoms with Gasteiger partial charge in [0.15, 0.2) is 0 Å². The molecule has 0 spiro atoms. The number of sulfonamides is 1. The van der Waals surface area contributed by atoms with E-state index in [0.29, 0.717) is 15.9 Å². The van der Waals surface area contributed by atoms with Gasteiger partial charge in [-0.2, -0.15) is 0 Å². The average molecular weight is 441 g/mol. The highest BCUT2D eigenvalue weighted by atomic mass is 79.9. The van der Waals surface area contributed by atoms with Crippen LogP contribution in [0, 0.1) is 0 Å². The van der Waals surface area contributed by atoms with Crippen LogP contribution < -0.4 is 14.2 Å². The zero-order chi connectivity index (χ0) is 18.6. The number of hydrogen-bond donors (Lipinski definition) is 1. The first kappa shape index (κ1) is 19.1. The van der Waals surface area contributed by atoms with Gasteiger partial charge in [0.25, 0.3) is 0 Å². The summed E-state index contributed by atoms with van der Waals surface area (Å²) in [6.07, 6.45) is 6.14. The summed E-state index contributed by atoms with van der Waals surface area (Å²) < 4.78 is 39.8. The summed E-state index contributed by atoms with van der Waals surface area (Å²) >= 11 is 3.30. The Bertz CT molecular complexity index is 867. The molecule has 1 aliphatic rings. The number of hydrogen-bond acceptors (Lipinski definition) is 5. The molecule has 0 bridgehead atoms. The molecule has 8 heteroatoms. The molecule has 140 valence electrons. The van der Waals surface area contributed by atoms with Crippen molar-refractivity contribution in [1.82, 2.24) is 9.71 Å². The van der Waals surface area contributed by atoms with Crippen LogP contribution in [-0.2, 0) is 16.6 Å². The molecule has 0 unspecified atom stereocenters. The lowest BCUT2D eigenvalue weighted by Crippen LogP contribution is -2.24. The summed E-state index contributed by atoms with van der Waals surface area (Å²) in [6, 6.07) is 8.44. The van der Waals surface area contributed by atoms with Crippen LogP contribution in [-0.4, -0.2) is 26.6 Å². The first-order chi connectivity index (χ1) is 12.5. The molecule has 1 aromatic carbocycles. The number of ether oxygens (including phenoxy) is 2. The fourth-order valence-electron chi connectivity index (χ4n) is 2.94. The number of rotatable bonds is 7. The topological polar surface area (TPSA) is 77.5 Å². The van der Waals surface area contributed by atoms with Gasteiger partial charge >= 0.3 is 0 Å². The Hall–Kier alpha value is -1.64. The van der Waals surface area contributed by atoms with E-state index >= 15 is 0 Å². The summed E-state index contributed by atoms with van der Waals surface area (Å²) in [5.74, 6) is 0.776. The lowest BCUT2D eigenvalue weighted by Gasteiger charge is -2.16. The largest absolute Gasteiger partial charge is 0.495 e. The smallest absolute Gasteiger partial charge is 0.244 e. The molecule has 26 heavy (non-hydrogen) atoms. The Morgan fingerprint density at radius 1 is 1.27 bits per heavy atom. The van der Waals surface area contributed by atoms with Crippen LogP contribution in [0.2, 0.25) is 0 Å². The molecular weight excluding hydrogens is 420 g/mol. The van der Waals surface area contributed by atoms with E-state index in [2.05, 4.69) is 25.6 Å². The minimum atomic E-state index is -3.76. The van der Waals surface area contributed by atoms with Gasteiger partial charge in [-0.15, -0.1) is 0 Å². The quantitative estimate of drug-likeness (QED) is 0.710. The Morgan fingerprint density at radius 3 is 2.77 bits per heavy atom. The van der Waals surface area contributed by atoms with Gasteiger partial charge in [0, 0.05) is 22.8 Å². The molecular formula is C18H21BrN2O4S. The number of methoxy groups -OCH3 is 1. The van der Waals surface area contributed by atoms with Crippen LogP contribution in [0.3, 0.4) is 0 Å². The summed E-state index contributed by atoms with van der Waals surface area (Å²) in [5.41, 5.74) is 0.705. The van der Waals surface area contributed by atoms with Crippen LogP contribution in [0.1, 0.15) is 31.2 Å². The number of pyridine rings is 1. The standard InChI is InChI=1S/C18H21BrN2O4S/c1-24-16-9-8-14(19)11-17(16)26(22,23)21-12-13-5-4-10-20-18(13)25-15-6-2-3-7-15/h4-5,8-11,15,21H,2-3,6-7,12H2,1H3. The lowest BCUT2D eigenvalue weighted by atomic mass is 10.2. The van der Waals surface area contributed by atoms with Gasteiger partial charge in [-0.05, 0) is 49.9 Å². The van der Waals surface area contributed by atoms with Crippen molar-refractivity contribution in [1.29, 1.82) is 0 Å². The molecule has 0 aliphatic heterocycles. The summed E-state index contributed by atoms with van der Waals surface area (Å²) in [6.45, 7) is 0.0912. The first-order valence-electron chi connectivity index (χ1n) is 8.43. The second-order valence-corrected chi connectivity index (χ2v) is 8.76. The van der Waals surface area contributed by atoms with Crippen molar-refractivity contribution in [3.63, 3.8) is 0 Å². The molecule has 1 aromatic heterocycles. The lowest BCUT2D eigenvalue weighted by molar-refractivity contribution is 0.199. The minimum Gasteiger partial charge on any atom is -0.495 e. The number of nitrogens with one attached hydrogen (secondary N) is 1. The van der Waals surface area contributed by atoms with Crippen molar-refractivity contribution in [2.24, 2.45) is 0 Å². The van der Waals surface area contributed by atoms with Crippen molar-refractivity contribution in [3.05, 3.63) is 46.6 Å². The third-order valence-electron chi connectivity index (χ3n) is 4.30. The number of nitrogens with zero attached hydrogens (tertiary/aromatic N) is 1. The summed E-state index contributed by atoms with van der Waals surface area (Å²) in [7, 11) is -2.31. The van der Waals surface area contributed by atoms with Crippen LogP contribution in [0.25, 0.3) is 0 Å². The zero-order valence-electron chi connectivity index (χ0n) is 14.4. The van der Waals surface area contributed by atoms with Gasteiger partial charge in [0.05, 0.1) is 7.11 Å². The van der Waals surface area contributed by atoms with Crippen LogP contribution >= 0.6 is 15.9 Å². The predicted molar refractivity (Wildman–Crippen MR) is 102 cm³/mol. The predicted octanol–water partition coefficient (Wildman–Crippen LogP) is 3.65. The minimum absolute atomic E-state index is 0.0801. The third-order valence-corrected chi connectivity index (χ3v) is 6.21. The Morgan fingerprint density at radius 2 is 2.04 bits per heavy atom. The van der Waals surface area contributed by atoms with Gasteiger partial charge in [-0.25, -0.2) is 18.1 Å². The van der Waals surface area contributed by atoms with E-state index in [4.69, 9.17) is 9.47 Å². The van der Waals surface area contributed by atoms with E-state index in [0.717, 1.165) is 25.7 Å². The van der Waals surface area contributed by atoms with E-state index in [1.807, 2.05) is 6.07 Å². The highest BCUT2D eigenvalue weighted by molar-refractivity contribution is 9.10. The van der Waals surface area contributed by atoms with E-state index in [1.165, 1.54) is 13.2 Å². The maximum absolute atomic E-state index is 12.7. The van der Waals surface area contributed by atoms with E-state index < -0.39 is 10.0 Å². The van der Waals surface area contributed by atoms with Crippen LogP contribution in [0.5, 0.6) is 11.6 Å². The maximum atomic E-state index is 12.7. The van der Waals surface area contributed by atoms with Crippen molar-refractivity contribution in [2.45, 2.75) is 43.2 Å². The third kappa shape index (κ3) is 4.55. The molecule has 1 heterocycles. The maximum Gasteiger partial charge on any atom is 0.244 e. The molecule has 0 saturated heterocycles. The molecule has 0 amide bonds. The second kappa shape index (κ2) is 8.37. The molecule has 1 aliphatic carbocycles. The summed E-state index contributed by atoms with van der Waals surface area (Å²) in [5, 5.41) is 0. The number of benzene rings is 1. The second-order valence-electron chi connectivity index (χ2n) is 6.11. The van der Waals surface area contributed by atoms with E-state index in [1.54, 1.807) is 24.4 Å². The first-order valence-corrected chi connectivity index (χ1v) is 10.7. The molecule has 1 fully saturated rings. The fourth-order valence-corrected chi connectivity index (χ4v) is 4.65. The van der Waals surface area contributed by atoms with Crippen molar-refractivity contribution < 1.29 is 17.9 Å². The molecule has 0 atom stereocenters. The fraction of sp³-hybridized carbons (Fsp3) is 0.389. The molecule has 3 rings (SSSR count). The van der Waals surface area contributed by atoms with Gasteiger partial charge in [-0.1, -0.05) is 22.0 Å². The highest BCUT2D eigenvalue weighted by Gasteiger charge is 2.22. The van der Waals surface area contributed by atoms with Crippen molar-refractivity contribution in [3.8, 4) is 11.6 Å². The monoisotopic (exact) mass is 440 g/mol. The van der Waals surface area contributed by atoms with Crippen molar-refractivity contribution >= 4 is 26.0 Å². The normalized spacial score (nSPS) is 15.2. The molecule has 0 radical (unpaired) electrons. The zero-order valence-corrected chi connectivity index (χ0v) is 16.8. The van der Waals surface area contributed by atoms with Crippen LogP contribution in [0.4, 0.5) is 0 Å². The molecule has 6 nitrogen and oxygen atoms in total.